The molecule has 18 heteroatoms. The van der Waals surface area contributed by atoms with E-state index in [2.05, 4.69) is 17.4 Å². The highest BCUT2D eigenvalue weighted by atomic mass is 32.2. The SMILES string of the molecule is O=[PH](OCOS(=O)(=O)C(F)(F)F)OCOS(=O)(=O)C(F)(F)F. The van der Waals surface area contributed by atoms with Gasteiger partial charge in [-0.15, -0.1) is 0 Å². The van der Waals surface area contributed by atoms with Gasteiger partial charge in [-0.2, -0.15) is 43.2 Å². The number of rotatable bonds is 8. The van der Waals surface area contributed by atoms with E-state index in [1.165, 1.54) is 0 Å². The molecule has 0 aliphatic carbocycles. The first-order valence-electron chi connectivity index (χ1n) is 4.31. The summed E-state index contributed by atoms with van der Waals surface area (Å²) in [7, 11) is -16.0. The van der Waals surface area contributed by atoms with E-state index in [9.17, 15) is 47.7 Å². The lowest BCUT2D eigenvalue weighted by molar-refractivity contribution is -0.0613. The Labute approximate surface area is 119 Å². The van der Waals surface area contributed by atoms with Crippen molar-refractivity contribution >= 4 is 28.5 Å². The molecule has 0 aliphatic rings. The van der Waals surface area contributed by atoms with E-state index in [1.807, 2.05) is 0 Å². The van der Waals surface area contributed by atoms with Crippen molar-refractivity contribution in [1.29, 1.82) is 0 Å². The molecule has 0 atom stereocenters. The van der Waals surface area contributed by atoms with Gasteiger partial charge in [-0.25, -0.2) is 8.37 Å². The summed E-state index contributed by atoms with van der Waals surface area (Å²) < 4.78 is 136. The minimum Gasteiger partial charge on any atom is -0.282 e. The molecule has 0 rings (SSSR count). The zero-order chi connectivity index (χ0) is 17.8. The van der Waals surface area contributed by atoms with E-state index in [1.54, 1.807) is 0 Å². The van der Waals surface area contributed by atoms with Crippen LogP contribution in [0.2, 0.25) is 0 Å². The maximum absolute atomic E-state index is 11.7. The summed E-state index contributed by atoms with van der Waals surface area (Å²) in [5.74, 6) is 0. The second kappa shape index (κ2) is 7.41. The zero-order valence-electron chi connectivity index (χ0n) is 9.67. The quantitative estimate of drug-likeness (QED) is 0.191. The van der Waals surface area contributed by atoms with Gasteiger partial charge in [0.2, 0.25) is 0 Å². The third-order valence-electron chi connectivity index (χ3n) is 1.33. The molecule has 0 fully saturated rings. The van der Waals surface area contributed by atoms with Crippen molar-refractivity contribution in [2.45, 2.75) is 11.0 Å². The van der Waals surface area contributed by atoms with Crippen LogP contribution in [-0.4, -0.2) is 41.4 Å². The van der Waals surface area contributed by atoms with Crippen LogP contribution < -0.4 is 0 Å². The number of hydrogen-bond donors (Lipinski definition) is 0. The van der Waals surface area contributed by atoms with Crippen LogP contribution in [0.5, 0.6) is 0 Å². The Morgan fingerprint density at radius 1 is 0.727 bits per heavy atom. The molecule has 134 valence electrons. The van der Waals surface area contributed by atoms with E-state index in [0.717, 1.165) is 0 Å². The molecular formula is C4H5F6O9PS2. The third-order valence-corrected chi connectivity index (χ3v) is 3.98. The molecule has 0 heterocycles. The summed E-state index contributed by atoms with van der Waals surface area (Å²) in [5, 5.41) is 0. The topological polar surface area (TPSA) is 122 Å². The lowest BCUT2D eigenvalue weighted by Gasteiger charge is -2.10. The van der Waals surface area contributed by atoms with Gasteiger partial charge in [0.1, 0.15) is 0 Å². The monoisotopic (exact) mass is 406 g/mol. The Bertz CT molecular complexity index is 539. The van der Waals surface area contributed by atoms with Crippen LogP contribution in [0.15, 0.2) is 0 Å². The second-order valence-corrected chi connectivity index (χ2v) is 7.10. The fraction of sp³-hybridized carbons (Fsp3) is 1.00. The molecule has 22 heavy (non-hydrogen) atoms. The predicted octanol–water partition coefficient (Wildman–Crippen LogP) is 1.06. The van der Waals surface area contributed by atoms with Gasteiger partial charge in [0.15, 0.2) is 13.6 Å². The fourth-order valence-corrected chi connectivity index (χ4v) is 1.63. The Hall–Kier alpha value is -0.450. The van der Waals surface area contributed by atoms with E-state index >= 15 is 0 Å². The van der Waals surface area contributed by atoms with Crippen molar-refractivity contribution in [1.82, 2.24) is 0 Å². The number of halogens is 6. The van der Waals surface area contributed by atoms with Crippen molar-refractivity contribution in [3.63, 3.8) is 0 Å². The van der Waals surface area contributed by atoms with Crippen LogP contribution in [0.4, 0.5) is 26.3 Å². The van der Waals surface area contributed by atoms with Gasteiger partial charge < -0.3 is 0 Å². The van der Waals surface area contributed by atoms with Crippen molar-refractivity contribution in [2.75, 3.05) is 13.6 Å². The molecular weight excluding hydrogens is 401 g/mol. The highest BCUT2D eigenvalue weighted by Gasteiger charge is 2.48. The minimum absolute atomic E-state index is 1.74. The molecule has 0 amide bonds. The molecule has 0 radical (unpaired) electrons. The smallest absolute Gasteiger partial charge is 0.282 e. The average molecular weight is 406 g/mol. The van der Waals surface area contributed by atoms with Gasteiger partial charge in [-0.1, -0.05) is 0 Å². The first kappa shape index (κ1) is 21.6. The van der Waals surface area contributed by atoms with E-state index in [4.69, 9.17) is 0 Å². The standard InChI is InChI=1S/C4H5F6O9PS2/c5-3(6,7)21(12,13)18-1-16-20(11)17-2-19-22(14,15)4(8,9)10/h20H,1-2H2. The van der Waals surface area contributed by atoms with Crippen LogP contribution in [-0.2, 0) is 42.2 Å². The lowest BCUT2D eigenvalue weighted by atomic mass is 11.5. The molecule has 0 saturated carbocycles. The minimum atomic E-state index is -6.04. The highest BCUT2D eigenvalue weighted by molar-refractivity contribution is 7.87. The van der Waals surface area contributed by atoms with Gasteiger partial charge in [0, 0.05) is 0 Å². The van der Waals surface area contributed by atoms with E-state index < -0.39 is 53.1 Å². The maximum atomic E-state index is 11.7. The van der Waals surface area contributed by atoms with Gasteiger partial charge in [0.25, 0.3) is 0 Å². The maximum Gasteiger partial charge on any atom is 0.523 e. The van der Waals surface area contributed by atoms with Crippen molar-refractivity contribution in [3.8, 4) is 0 Å². The number of alkyl halides is 6. The van der Waals surface area contributed by atoms with Crippen LogP contribution in [0.1, 0.15) is 0 Å². The van der Waals surface area contributed by atoms with Crippen molar-refractivity contribution < 1.29 is 65.2 Å². The molecule has 0 spiro atoms. The van der Waals surface area contributed by atoms with Gasteiger partial charge >= 0.3 is 39.5 Å². The molecule has 9 nitrogen and oxygen atoms in total. The third kappa shape index (κ3) is 6.76. The average Bonchev–Trinajstić information content (AvgIpc) is 2.25. The molecule has 0 aliphatic heterocycles. The van der Waals surface area contributed by atoms with Crippen LogP contribution >= 0.6 is 8.25 Å². The van der Waals surface area contributed by atoms with Crippen LogP contribution in [0.25, 0.3) is 0 Å². The Balaban J connectivity index is 4.20. The summed E-state index contributed by atoms with van der Waals surface area (Å²) in [6.45, 7) is -3.49. The molecule has 0 bridgehead atoms. The van der Waals surface area contributed by atoms with Crippen LogP contribution in [0, 0.1) is 0 Å². The molecule has 0 aromatic rings. The number of hydrogen-bond acceptors (Lipinski definition) is 9. The summed E-state index contributed by atoms with van der Waals surface area (Å²) in [5.41, 5.74) is -11.6. The Morgan fingerprint density at radius 2 is 1.00 bits per heavy atom. The zero-order valence-corrected chi connectivity index (χ0v) is 12.3. The fourth-order valence-electron chi connectivity index (χ4n) is 0.446. The summed E-state index contributed by atoms with van der Waals surface area (Å²) in [4.78, 5) is 0. The highest BCUT2D eigenvalue weighted by Crippen LogP contribution is 2.29. The summed E-state index contributed by atoms with van der Waals surface area (Å²) >= 11 is 0. The lowest BCUT2D eigenvalue weighted by Crippen LogP contribution is -2.26. The Morgan fingerprint density at radius 3 is 1.23 bits per heavy atom. The Kier molecular flexibility index (Phi) is 7.26. The van der Waals surface area contributed by atoms with Crippen molar-refractivity contribution in [2.24, 2.45) is 0 Å². The summed E-state index contributed by atoms with van der Waals surface area (Å²) in [6, 6.07) is 0. The molecule has 0 aromatic carbocycles. The summed E-state index contributed by atoms with van der Waals surface area (Å²) in [6.07, 6.45) is 0. The van der Waals surface area contributed by atoms with Crippen LogP contribution in [0.3, 0.4) is 0 Å². The van der Waals surface area contributed by atoms with Gasteiger partial charge in [0.05, 0.1) is 0 Å². The molecule has 0 aromatic heterocycles. The predicted molar refractivity (Wildman–Crippen MR) is 53.0 cm³/mol. The normalized spacial score (nSPS) is 14.5. The first-order valence-corrected chi connectivity index (χ1v) is 8.35. The largest absolute Gasteiger partial charge is 0.523 e. The molecule has 0 unspecified atom stereocenters. The van der Waals surface area contributed by atoms with E-state index in [-0.39, 0.29) is 0 Å². The van der Waals surface area contributed by atoms with Gasteiger partial charge in [-0.05, 0) is 0 Å². The van der Waals surface area contributed by atoms with Crippen molar-refractivity contribution in [3.05, 3.63) is 0 Å². The second-order valence-electron chi connectivity index (χ2n) is 2.81. The first-order chi connectivity index (χ1) is 9.60. The molecule has 0 N–H and O–H groups in total. The van der Waals surface area contributed by atoms with E-state index in [0.29, 0.717) is 0 Å². The van der Waals surface area contributed by atoms with Gasteiger partial charge in [-0.3, -0.25) is 13.6 Å². The molecule has 0 saturated heterocycles.